The molecule has 26 heavy (non-hydrogen) atoms. The standard InChI is InChI=1S/C19H14FN5O/c1-12(26)13-4-2-6-15(8-13)24-18-17-10-23-25(19(17)22-11-21-18)16-7-3-5-14(20)9-16/h2-11H,1H3,(H,21,22,24). The molecule has 0 spiro atoms. The first-order chi connectivity index (χ1) is 12.6. The van der Waals surface area contributed by atoms with Gasteiger partial charge in [0, 0.05) is 11.3 Å². The second-order valence-electron chi connectivity index (χ2n) is 5.76. The monoisotopic (exact) mass is 347 g/mol. The topological polar surface area (TPSA) is 72.7 Å². The van der Waals surface area contributed by atoms with Crippen LogP contribution in [0.4, 0.5) is 15.9 Å². The summed E-state index contributed by atoms with van der Waals surface area (Å²) in [4.78, 5) is 20.1. The third kappa shape index (κ3) is 2.90. The Hall–Kier alpha value is -3.61. The van der Waals surface area contributed by atoms with Crippen molar-refractivity contribution >= 4 is 28.3 Å². The van der Waals surface area contributed by atoms with Gasteiger partial charge in [-0.1, -0.05) is 18.2 Å². The summed E-state index contributed by atoms with van der Waals surface area (Å²) in [6.45, 7) is 1.52. The van der Waals surface area contributed by atoms with E-state index in [0.717, 1.165) is 5.69 Å². The molecule has 0 aliphatic rings. The van der Waals surface area contributed by atoms with E-state index in [1.165, 1.54) is 25.4 Å². The van der Waals surface area contributed by atoms with E-state index >= 15 is 0 Å². The molecule has 4 aromatic rings. The second kappa shape index (κ2) is 6.36. The SMILES string of the molecule is CC(=O)c1cccc(Nc2ncnc3c2cnn3-c2cccc(F)c2)c1. The Morgan fingerprint density at radius 3 is 2.77 bits per heavy atom. The van der Waals surface area contributed by atoms with Crippen molar-refractivity contribution in [3.63, 3.8) is 0 Å². The van der Waals surface area contributed by atoms with E-state index in [-0.39, 0.29) is 11.6 Å². The number of carbonyl (C=O) groups is 1. The van der Waals surface area contributed by atoms with Gasteiger partial charge in [0.05, 0.1) is 17.3 Å². The quantitative estimate of drug-likeness (QED) is 0.567. The minimum Gasteiger partial charge on any atom is -0.339 e. The van der Waals surface area contributed by atoms with Gasteiger partial charge >= 0.3 is 0 Å². The van der Waals surface area contributed by atoms with Crippen LogP contribution in [0, 0.1) is 5.82 Å². The zero-order valence-electron chi connectivity index (χ0n) is 13.8. The van der Waals surface area contributed by atoms with Gasteiger partial charge in [-0.2, -0.15) is 5.10 Å². The molecular formula is C19H14FN5O. The van der Waals surface area contributed by atoms with Crippen LogP contribution in [0.1, 0.15) is 17.3 Å². The number of nitrogens with one attached hydrogen (secondary N) is 1. The second-order valence-corrected chi connectivity index (χ2v) is 5.76. The number of anilines is 2. The maximum absolute atomic E-state index is 13.5. The van der Waals surface area contributed by atoms with E-state index < -0.39 is 0 Å². The number of aromatic nitrogens is 4. The third-order valence-corrected chi connectivity index (χ3v) is 3.95. The van der Waals surface area contributed by atoms with Crippen molar-refractivity contribution in [3.8, 4) is 5.69 Å². The predicted molar refractivity (Wildman–Crippen MR) is 96.3 cm³/mol. The summed E-state index contributed by atoms with van der Waals surface area (Å²) in [5.41, 5.74) is 2.46. The van der Waals surface area contributed by atoms with Gasteiger partial charge in [0.1, 0.15) is 18.0 Å². The summed E-state index contributed by atoms with van der Waals surface area (Å²) in [6.07, 6.45) is 3.04. The highest BCUT2D eigenvalue weighted by Gasteiger charge is 2.12. The minimum absolute atomic E-state index is 0.0135. The Kier molecular flexibility index (Phi) is 3.89. The number of hydrogen-bond donors (Lipinski definition) is 1. The van der Waals surface area contributed by atoms with Gasteiger partial charge in [-0.3, -0.25) is 4.79 Å². The van der Waals surface area contributed by atoms with Gasteiger partial charge in [-0.15, -0.1) is 0 Å². The van der Waals surface area contributed by atoms with Crippen LogP contribution in [-0.2, 0) is 0 Å². The lowest BCUT2D eigenvalue weighted by atomic mass is 10.1. The molecule has 2 aromatic heterocycles. The molecule has 128 valence electrons. The lowest BCUT2D eigenvalue weighted by Crippen LogP contribution is -2.00. The van der Waals surface area contributed by atoms with Gasteiger partial charge in [0.25, 0.3) is 0 Å². The van der Waals surface area contributed by atoms with Gasteiger partial charge in [-0.25, -0.2) is 19.0 Å². The molecule has 2 aromatic carbocycles. The molecule has 0 fully saturated rings. The van der Waals surface area contributed by atoms with E-state index in [4.69, 9.17) is 0 Å². The fourth-order valence-corrected chi connectivity index (χ4v) is 2.69. The molecule has 0 saturated carbocycles. The Balaban J connectivity index is 1.76. The van der Waals surface area contributed by atoms with E-state index in [1.807, 2.05) is 6.07 Å². The smallest absolute Gasteiger partial charge is 0.168 e. The number of ketones is 1. The van der Waals surface area contributed by atoms with Crippen molar-refractivity contribution in [3.05, 3.63) is 72.4 Å². The van der Waals surface area contributed by atoms with Crippen molar-refractivity contribution in [2.75, 3.05) is 5.32 Å². The highest BCUT2D eigenvalue weighted by molar-refractivity contribution is 5.95. The lowest BCUT2D eigenvalue weighted by Gasteiger charge is -2.08. The van der Waals surface area contributed by atoms with Crippen molar-refractivity contribution in [2.24, 2.45) is 0 Å². The lowest BCUT2D eigenvalue weighted by molar-refractivity contribution is 0.101. The van der Waals surface area contributed by atoms with Gasteiger partial charge in [0.15, 0.2) is 11.4 Å². The van der Waals surface area contributed by atoms with Crippen LogP contribution in [0.15, 0.2) is 61.1 Å². The Bertz CT molecular complexity index is 1120. The van der Waals surface area contributed by atoms with Crippen LogP contribution in [0.25, 0.3) is 16.7 Å². The molecule has 0 radical (unpaired) electrons. The highest BCUT2D eigenvalue weighted by atomic mass is 19.1. The fraction of sp³-hybridized carbons (Fsp3) is 0.0526. The maximum atomic E-state index is 13.5. The summed E-state index contributed by atoms with van der Waals surface area (Å²) >= 11 is 0. The number of hydrogen-bond acceptors (Lipinski definition) is 5. The summed E-state index contributed by atoms with van der Waals surface area (Å²) in [5, 5.41) is 8.18. The molecular weight excluding hydrogens is 333 g/mol. The van der Waals surface area contributed by atoms with Crippen LogP contribution >= 0.6 is 0 Å². The van der Waals surface area contributed by atoms with E-state index in [9.17, 15) is 9.18 Å². The molecule has 1 N–H and O–H groups in total. The highest BCUT2D eigenvalue weighted by Crippen LogP contribution is 2.25. The number of fused-ring (bicyclic) bond motifs is 1. The predicted octanol–water partition coefficient (Wildman–Crippen LogP) is 3.90. The largest absolute Gasteiger partial charge is 0.339 e. The summed E-state index contributed by atoms with van der Waals surface area (Å²) in [5.74, 6) is 0.193. The molecule has 0 bridgehead atoms. The normalized spacial score (nSPS) is 10.8. The zero-order chi connectivity index (χ0) is 18.1. The van der Waals surface area contributed by atoms with Crippen molar-refractivity contribution in [1.29, 1.82) is 0 Å². The molecule has 0 aliphatic heterocycles. The summed E-state index contributed by atoms with van der Waals surface area (Å²) < 4.78 is 15.1. The molecule has 0 aliphatic carbocycles. The third-order valence-electron chi connectivity index (χ3n) is 3.95. The average molecular weight is 347 g/mol. The first-order valence-corrected chi connectivity index (χ1v) is 7.94. The zero-order valence-corrected chi connectivity index (χ0v) is 13.8. The van der Waals surface area contributed by atoms with Crippen LogP contribution in [0.2, 0.25) is 0 Å². The summed E-state index contributed by atoms with van der Waals surface area (Å²) in [7, 11) is 0. The Labute approximate surface area is 148 Å². The minimum atomic E-state index is -0.348. The van der Waals surface area contributed by atoms with Gasteiger partial charge < -0.3 is 5.32 Å². The van der Waals surface area contributed by atoms with Crippen LogP contribution in [0.3, 0.4) is 0 Å². The number of nitrogens with zero attached hydrogens (tertiary/aromatic N) is 4. The molecule has 6 nitrogen and oxygen atoms in total. The number of Topliss-reactive ketones (excluding diaryl/α,β-unsaturated/α-hetero) is 1. The number of benzene rings is 2. The van der Waals surface area contributed by atoms with Crippen molar-refractivity contribution in [1.82, 2.24) is 19.7 Å². The molecule has 2 heterocycles. The molecule has 0 unspecified atom stereocenters. The molecule has 7 heteroatoms. The number of rotatable bonds is 4. The van der Waals surface area contributed by atoms with Crippen molar-refractivity contribution in [2.45, 2.75) is 6.92 Å². The summed E-state index contributed by atoms with van der Waals surface area (Å²) in [6, 6.07) is 13.3. The van der Waals surface area contributed by atoms with Crippen molar-refractivity contribution < 1.29 is 9.18 Å². The Morgan fingerprint density at radius 2 is 1.96 bits per heavy atom. The first-order valence-electron chi connectivity index (χ1n) is 7.94. The van der Waals surface area contributed by atoms with Crippen LogP contribution in [-0.4, -0.2) is 25.5 Å². The molecule has 0 amide bonds. The van der Waals surface area contributed by atoms with Gasteiger partial charge in [0.2, 0.25) is 0 Å². The van der Waals surface area contributed by atoms with Crippen LogP contribution < -0.4 is 5.32 Å². The van der Waals surface area contributed by atoms with Crippen LogP contribution in [0.5, 0.6) is 0 Å². The fourth-order valence-electron chi connectivity index (χ4n) is 2.69. The number of halogens is 1. The van der Waals surface area contributed by atoms with E-state index in [2.05, 4.69) is 20.4 Å². The Morgan fingerprint density at radius 1 is 1.12 bits per heavy atom. The number of carbonyl (C=O) groups excluding carboxylic acids is 1. The molecule has 0 atom stereocenters. The van der Waals surface area contributed by atoms with Gasteiger partial charge in [-0.05, 0) is 37.3 Å². The average Bonchev–Trinajstić information content (AvgIpc) is 3.07. The molecule has 4 rings (SSSR count). The van der Waals surface area contributed by atoms with E-state index in [1.54, 1.807) is 41.2 Å². The maximum Gasteiger partial charge on any atom is 0.168 e. The molecule has 0 saturated heterocycles. The van der Waals surface area contributed by atoms with E-state index in [0.29, 0.717) is 28.1 Å². The first kappa shape index (κ1) is 15.9.